The molecule has 0 saturated carbocycles. The molecule has 2 amide bonds. The van der Waals surface area contributed by atoms with E-state index < -0.39 is 9.84 Å². The summed E-state index contributed by atoms with van der Waals surface area (Å²) in [5, 5.41) is 5.25. The van der Waals surface area contributed by atoms with Gasteiger partial charge in [0, 0.05) is 13.1 Å². The van der Waals surface area contributed by atoms with Gasteiger partial charge < -0.3 is 10.6 Å². The topological polar surface area (TPSA) is 75.3 Å². The maximum Gasteiger partial charge on any atom is 0.314 e. The van der Waals surface area contributed by atoms with Gasteiger partial charge in [0.05, 0.1) is 10.6 Å². The Morgan fingerprint density at radius 3 is 2.30 bits per heavy atom. The summed E-state index contributed by atoms with van der Waals surface area (Å²) in [6.07, 6.45) is 0.899. The number of carbonyl (C=O) groups excluding carboxylic acids is 1. The van der Waals surface area contributed by atoms with Crippen LogP contribution in [0.15, 0.2) is 35.2 Å². The monoisotopic (exact) mass is 298 g/mol. The summed E-state index contributed by atoms with van der Waals surface area (Å²) >= 11 is 0. The summed E-state index contributed by atoms with van der Waals surface area (Å²) in [6.45, 7) is 4.84. The van der Waals surface area contributed by atoms with Crippen molar-refractivity contribution < 1.29 is 13.2 Å². The fourth-order valence-electron chi connectivity index (χ4n) is 1.58. The summed E-state index contributed by atoms with van der Waals surface area (Å²) in [5.41, 5.74) is 0. The Morgan fingerprint density at radius 1 is 1.10 bits per heavy atom. The molecular weight excluding hydrogens is 276 g/mol. The largest absolute Gasteiger partial charge is 0.338 e. The zero-order chi connectivity index (χ0) is 15.0. The van der Waals surface area contributed by atoms with E-state index in [-0.39, 0.29) is 23.2 Å². The lowest BCUT2D eigenvalue weighted by Crippen LogP contribution is -2.38. The van der Waals surface area contributed by atoms with E-state index in [1.165, 1.54) is 0 Å². The van der Waals surface area contributed by atoms with Crippen molar-refractivity contribution in [3.05, 3.63) is 30.3 Å². The molecule has 20 heavy (non-hydrogen) atoms. The number of benzene rings is 1. The Kier molecular flexibility index (Phi) is 6.51. The van der Waals surface area contributed by atoms with Gasteiger partial charge in [0.15, 0.2) is 9.84 Å². The molecule has 0 unspecified atom stereocenters. The first-order chi connectivity index (χ1) is 9.42. The molecule has 0 aliphatic heterocycles. The second kappa shape index (κ2) is 7.89. The predicted octanol–water partition coefficient (Wildman–Crippen LogP) is 1.81. The van der Waals surface area contributed by atoms with Crippen LogP contribution in [0.1, 0.15) is 20.3 Å². The van der Waals surface area contributed by atoms with Crippen LogP contribution in [0.2, 0.25) is 0 Å². The number of carbonyl (C=O) groups is 1. The molecule has 0 atom stereocenters. The van der Waals surface area contributed by atoms with Gasteiger partial charge in [0.25, 0.3) is 0 Å². The molecule has 5 nitrogen and oxygen atoms in total. The van der Waals surface area contributed by atoms with Crippen molar-refractivity contribution in [3.8, 4) is 0 Å². The van der Waals surface area contributed by atoms with E-state index in [2.05, 4.69) is 24.5 Å². The van der Waals surface area contributed by atoms with E-state index in [1.807, 2.05) is 0 Å². The maximum atomic E-state index is 11.9. The summed E-state index contributed by atoms with van der Waals surface area (Å²) in [4.78, 5) is 11.7. The Labute approximate surface area is 120 Å². The van der Waals surface area contributed by atoms with Gasteiger partial charge >= 0.3 is 6.03 Å². The lowest BCUT2D eigenvalue weighted by Gasteiger charge is -2.09. The van der Waals surface area contributed by atoms with Crippen LogP contribution in [0.25, 0.3) is 0 Å². The quantitative estimate of drug-likeness (QED) is 0.806. The van der Waals surface area contributed by atoms with Gasteiger partial charge in [0.2, 0.25) is 0 Å². The second-order valence-corrected chi connectivity index (χ2v) is 7.11. The van der Waals surface area contributed by atoms with Gasteiger partial charge in [-0.05, 0) is 24.5 Å². The number of hydrogen-bond acceptors (Lipinski definition) is 3. The van der Waals surface area contributed by atoms with Crippen molar-refractivity contribution in [2.24, 2.45) is 5.92 Å². The number of hydrogen-bond donors (Lipinski definition) is 2. The Morgan fingerprint density at radius 2 is 1.70 bits per heavy atom. The smallest absolute Gasteiger partial charge is 0.314 e. The van der Waals surface area contributed by atoms with E-state index in [1.54, 1.807) is 30.3 Å². The van der Waals surface area contributed by atoms with Gasteiger partial charge in [0.1, 0.15) is 0 Å². The van der Waals surface area contributed by atoms with Crippen molar-refractivity contribution in [3.63, 3.8) is 0 Å². The average Bonchev–Trinajstić information content (AvgIpc) is 2.39. The van der Waals surface area contributed by atoms with Crippen molar-refractivity contribution >= 4 is 15.9 Å². The molecule has 1 aromatic rings. The van der Waals surface area contributed by atoms with E-state index in [0.29, 0.717) is 12.5 Å². The SMILES string of the molecule is CC(C)CCNC(=O)NCCS(=O)(=O)c1ccccc1. The third kappa shape index (κ3) is 6.06. The third-order valence-electron chi connectivity index (χ3n) is 2.77. The molecule has 0 heterocycles. The summed E-state index contributed by atoms with van der Waals surface area (Å²) in [5.74, 6) is 0.419. The van der Waals surface area contributed by atoms with Crippen LogP contribution < -0.4 is 10.6 Å². The standard InChI is InChI=1S/C14H22N2O3S/c1-12(2)8-9-15-14(17)16-10-11-20(18,19)13-6-4-3-5-7-13/h3-7,12H,8-11H2,1-2H3,(H2,15,16,17). The normalized spacial score (nSPS) is 11.3. The lowest BCUT2D eigenvalue weighted by molar-refractivity contribution is 0.241. The number of nitrogens with one attached hydrogen (secondary N) is 2. The van der Waals surface area contributed by atoms with E-state index in [4.69, 9.17) is 0 Å². The first-order valence-corrected chi connectivity index (χ1v) is 8.36. The number of urea groups is 1. The summed E-state index contributed by atoms with van der Waals surface area (Å²) < 4.78 is 23.9. The summed E-state index contributed by atoms with van der Waals surface area (Å²) in [7, 11) is -3.33. The first kappa shape index (κ1) is 16.5. The number of sulfone groups is 1. The summed E-state index contributed by atoms with van der Waals surface area (Å²) in [6, 6.07) is 7.90. The van der Waals surface area contributed by atoms with Crippen molar-refractivity contribution in [2.75, 3.05) is 18.8 Å². The van der Waals surface area contributed by atoms with Crippen LogP contribution in [0.5, 0.6) is 0 Å². The molecule has 0 fully saturated rings. The third-order valence-corrected chi connectivity index (χ3v) is 4.50. The van der Waals surface area contributed by atoms with Crippen molar-refractivity contribution in [1.29, 1.82) is 0 Å². The second-order valence-electron chi connectivity index (χ2n) is 5.00. The molecule has 1 rings (SSSR count). The zero-order valence-electron chi connectivity index (χ0n) is 11.9. The Bertz CT molecular complexity index is 512. The molecule has 0 radical (unpaired) electrons. The van der Waals surface area contributed by atoms with Crippen LogP contribution in [0.4, 0.5) is 4.79 Å². The van der Waals surface area contributed by atoms with E-state index in [9.17, 15) is 13.2 Å². The molecule has 6 heteroatoms. The molecule has 0 bridgehead atoms. The molecule has 1 aromatic carbocycles. The molecule has 0 spiro atoms. The molecule has 0 aliphatic carbocycles. The van der Waals surface area contributed by atoms with Crippen LogP contribution >= 0.6 is 0 Å². The number of rotatable bonds is 7. The van der Waals surface area contributed by atoms with Crippen molar-refractivity contribution in [1.82, 2.24) is 10.6 Å². The van der Waals surface area contributed by atoms with Gasteiger partial charge in [-0.15, -0.1) is 0 Å². The minimum absolute atomic E-state index is 0.102. The molecule has 0 saturated heterocycles. The van der Waals surface area contributed by atoms with Gasteiger partial charge in [-0.2, -0.15) is 0 Å². The highest BCUT2D eigenvalue weighted by Crippen LogP contribution is 2.09. The minimum atomic E-state index is -3.33. The zero-order valence-corrected chi connectivity index (χ0v) is 12.7. The lowest BCUT2D eigenvalue weighted by atomic mass is 10.1. The van der Waals surface area contributed by atoms with Gasteiger partial charge in [-0.1, -0.05) is 32.0 Å². The Balaban J connectivity index is 2.32. The van der Waals surface area contributed by atoms with Gasteiger partial charge in [-0.25, -0.2) is 13.2 Å². The molecule has 2 N–H and O–H groups in total. The maximum absolute atomic E-state index is 11.9. The van der Waals surface area contributed by atoms with Crippen LogP contribution in [-0.4, -0.2) is 33.3 Å². The van der Waals surface area contributed by atoms with Crippen LogP contribution in [0.3, 0.4) is 0 Å². The Hall–Kier alpha value is -1.56. The molecule has 112 valence electrons. The van der Waals surface area contributed by atoms with Crippen molar-refractivity contribution in [2.45, 2.75) is 25.2 Å². The highest BCUT2D eigenvalue weighted by molar-refractivity contribution is 7.91. The molecule has 0 aromatic heterocycles. The fourth-order valence-corrected chi connectivity index (χ4v) is 2.76. The average molecular weight is 298 g/mol. The van der Waals surface area contributed by atoms with Crippen LogP contribution in [0, 0.1) is 5.92 Å². The molecular formula is C14H22N2O3S. The first-order valence-electron chi connectivity index (χ1n) is 6.71. The molecule has 0 aliphatic rings. The predicted molar refractivity (Wildman–Crippen MR) is 79.4 cm³/mol. The highest BCUT2D eigenvalue weighted by Gasteiger charge is 2.13. The minimum Gasteiger partial charge on any atom is -0.338 e. The van der Waals surface area contributed by atoms with E-state index in [0.717, 1.165) is 6.42 Å². The fraction of sp³-hybridized carbons (Fsp3) is 0.500. The number of amides is 2. The van der Waals surface area contributed by atoms with Gasteiger partial charge in [-0.3, -0.25) is 0 Å². The highest BCUT2D eigenvalue weighted by atomic mass is 32.2. The van der Waals surface area contributed by atoms with Crippen LogP contribution in [-0.2, 0) is 9.84 Å². The van der Waals surface area contributed by atoms with E-state index >= 15 is 0 Å².